The lowest BCUT2D eigenvalue weighted by molar-refractivity contribution is 0.0309. The fourth-order valence-electron chi connectivity index (χ4n) is 1.10. The third kappa shape index (κ3) is 2.81. The molecule has 0 heterocycles. The maximum Gasteiger partial charge on any atom is 0.166 e. The molecule has 0 amide bonds. The number of hydrogen-bond donors (Lipinski definition) is 3. The zero-order chi connectivity index (χ0) is 11.6. The van der Waals surface area contributed by atoms with Crippen LogP contribution in [-0.4, -0.2) is 27.3 Å². The monoisotopic (exact) mass is 298 g/mol. The lowest BCUT2D eigenvalue weighted by atomic mass is 10.0. The van der Waals surface area contributed by atoms with E-state index in [4.69, 9.17) is 11.6 Å². The van der Waals surface area contributed by atoms with E-state index >= 15 is 0 Å². The Morgan fingerprint density at radius 2 is 2.00 bits per heavy atom. The lowest BCUT2D eigenvalue weighted by Crippen LogP contribution is -2.20. The van der Waals surface area contributed by atoms with Gasteiger partial charge in [0.2, 0.25) is 0 Å². The summed E-state index contributed by atoms with van der Waals surface area (Å²) in [5.41, 5.74) is -0.102. The first-order valence-corrected chi connectivity index (χ1v) is 5.40. The van der Waals surface area contributed by atoms with Crippen LogP contribution in [0, 0.1) is 5.82 Å². The van der Waals surface area contributed by atoms with E-state index in [1.807, 2.05) is 0 Å². The van der Waals surface area contributed by atoms with Gasteiger partial charge in [0.15, 0.2) is 11.6 Å². The summed E-state index contributed by atoms with van der Waals surface area (Å²) in [5, 5.41) is 28.1. The second kappa shape index (κ2) is 5.12. The van der Waals surface area contributed by atoms with E-state index in [1.165, 1.54) is 6.07 Å². The topological polar surface area (TPSA) is 60.7 Å². The molecule has 0 aliphatic rings. The molecule has 3 N–H and O–H groups in total. The van der Waals surface area contributed by atoms with Gasteiger partial charge in [-0.05, 0) is 12.1 Å². The molecule has 0 saturated carbocycles. The summed E-state index contributed by atoms with van der Waals surface area (Å²) in [6.45, 7) is 0. The zero-order valence-electron chi connectivity index (χ0n) is 7.49. The van der Waals surface area contributed by atoms with Crippen LogP contribution in [0.3, 0.4) is 0 Å². The van der Waals surface area contributed by atoms with E-state index in [0.29, 0.717) is 4.47 Å². The van der Waals surface area contributed by atoms with E-state index < -0.39 is 23.8 Å². The highest BCUT2D eigenvalue weighted by Crippen LogP contribution is 2.32. The molecule has 0 aromatic heterocycles. The van der Waals surface area contributed by atoms with Crippen molar-refractivity contribution in [3.05, 3.63) is 28.0 Å². The smallest absolute Gasteiger partial charge is 0.166 e. The minimum atomic E-state index is -1.42. The molecular weight excluding hydrogens is 290 g/mol. The minimum Gasteiger partial charge on any atom is -0.505 e. The normalized spacial score (nSPS) is 15.0. The molecule has 84 valence electrons. The second-order valence-corrected chi connectivity index (χ2v) is 4.22. The van der Waals surface area contributed by atoms with Gasteiger partial charge < -0.3 is 15.3 Å². The predicted molar refractivity (Wildman–Crippen MR) is 57.5 cm³/mol. The van der Waals surface area contributed by atoms with Crippen LogP contribution in [0.5, 0.6) is 5.75 Å². The molecule has 1 aromatic carbocycles. The Hall–Kier alpha value is -0.360. The number of halogens is 3. The largest absolute Gasteiger partial charge is 0.505 e. The van der Waals surface area contributed by atoms with Crippen LogP contribution in [0.25, 0.3) is 0 Å². The maximum absolute atomic E-state index is 13.1. The van der Waals surface area contributed by atoms with Crippen molar-refractivity contribution in [2.45, 2.75) is 12.2 Å². The Kier molecular flexibility index (Phi) is 4.33. The zero-order valence-corrected chi connectivity index (χ0v) is 9.83. The number of phenolic OH excluding ortho intramolecular Hbond substituents is 1. The van der Waals surface area contributed by atoms with E-state index in [1.54, 1.807) is 0 Å². The van der Waals surface area contributed by atoms with Crippen molar-refractivity contribution in [1.29, 1.82) is 0 Å². The van der Waals surface area contributed by atoms with Crippen LogP contribution in [0.2, 0.25) is 0 Å². The molecule has 0 saturated heterocycles. The van der Waals surface area contributed by atoms with Gasteiger partial charge in [-0.2, -0.15) is 0 Å². The number of rotatable bonds is 3. The highest BCUT2D eigenvalue weighted by Gasteiger charge is 2.22. The Morgan fingerprint density at radius 3 is 2.53 bits per heavy atom. The quantitative estimate of drug-likeness (QED) is 0.747. The first kappa shape index (κ1) is 12.7. The van der Waals surface area contributed by atoms with Gasteiger partial charge in [-0.3, -0.25) is 0 Å². The summed E-state index contributed by atoms with van der Waals surface area (Å²) in [7, 11) is 0. The second-order valence-electron chi connectivity index (χ2n) is 2.99. The van der Waals surface area contributed by atoms with E-state index in [-0.39, 0.29) is 11.4 Å². The van der Waals surface area contributed by atoms with Gasteiger partial charge in [-0.15, -0.1) is 11.6 Å². The first-order valence-electron chi connectivity index (χ1n) is 4.07. The molecule has 0 aliphatic heterocycles. The summed E-state index contributed by atoms with van der Waals surface area (Å²) in [6.07, 6.45) is -2.68. The maximum atomic E-state index is 13.1. The van der Waals surface area contributed by atoms with Gasteiger partial charge in [0, 0.05) is 10.0 Å². The summed E-state index contributed by atoms with van der Waals surface area (Å²) in [5.74, 6) is -1.77. The molecule has 1 aromatic rings. The first-order chi connectivity index (χ1) is 6.97. The molecule has 2 unspecified atom stereocenters. The van der Waals surface area contributed by atoms with Gasteiger partial charge in [-0.25, -0.2) is 4.39 Å². The SMILES string of the molecule is Oc1c(F)cc(Br)cc1C(O)C(O)CCl. The third-order valence-electron chi connectivity index (χ3n) is 1.90. The average molecular weight is 300 g/mol. The van der Waals surface area contributed by atoms with Crippen LogP contribution < -0.4 is 0 Å². The highest BCUT2D eigenvalue weighted by molar-refractivity contribution is 9.10. The lowest BCUT2D eigenvalue weighted by Gasteiger charge is -2.17. The number of aromatic hydroxyl groups is 1. The van der Waals surface area contributed by atoms with E-state index in [2.05, 4.69) is 15.9 Å². The Balaban J connectivity index is 3.13. The fraction of sp³-hybridized carbons (Fsp3) is 0.333. The van der Waals surface area contributed by atoms with Crippen molar-refractivity contribution >= 4 is 27.5 Å². The minimum absolute atomic E-state index is 0.102. The molecule has 3 nitrogen and oxygen atoms in total. The van der Waals surface area contributed by atoms with Crippen LogP contribution in [0.1, 0.15) is 11.7 Å². The molecule has 1 rings (SSSR count). The predicted octanol–water partition coefficient (Wildman–Crippen LogP) is 1.93. The fourth-order valence-corrected chi connectivity index (χ4v) is 1.72. The van der Waals surface area contributed by atoms with Gasteiger partial charge in [-0.1, -0.05) is 15.9 Å². The van der Waals surface area contributed by atoms with Crippen LogP contribution in [-0.2, 0) is 0 Å². The standard InChI is InChI=1S/C9H9BrClFO3/c10-4-1-5(8(14)6(12)2-4)9(15)7(13)3-11/h1-2,7,9,13-15H,3H2. The summed E-state index contributed by atoms with van der Waals surface area (Å²) < 4.78 is 13.4. The van der Waals surface area contributed by atoms with Crippen molar-refractivity contribution in [1.82, 2.24) is 0 Å². The average Bonchev–Trinajstić information content (AvgIpc) is 2.21. The third-order valence-corrected chi connectivity index (χ3v) is 2.67. The van der Waals surface area contributed by atoms with Crippen molar-refractivity contribution in [3.8, 4) is 5.75 Å². The van der Waals surface area contributed by atoms with Crippen molar-refractivity contribution in [2.24, 2.45) is 0 Å². The van der Waals surface area contributed by atoms with E-state index in [0.717, 1.165) is 6.07 Å². The molecule has 6 heteroatoms. The summed E-state index contributed by atoms with van der Waals surface area (Å²) in [6, 6.07) is 2.37. The molecule has 0 fully saturated rings. The molecule has 0 spiro atoms. The van der Waals surface area contributed by atoms with Crippen LogP contribution in [0.4, 0.5) is 4.39 Å². The van der Waals surface area contributed by atoms with Gasteiger partial charge in [0.25, 0.3) is 0 Å². The molecular formula is C9H9BrClFO3. The van der Waals surface area contributed by atoms with E-state index in [9.17, 15) is 19.7 Å². The molecule has 15 heavy (non-hydrogen) atoms. The van der Waals surface area contributed by atoms with Crippen molar-refractivity contribution < 1.29 is 19.7 Å². The van der Waals surface area contributed by atoms with Gasteiger partial charge >= 0.3 is 0 Å². The number of alkyl halides is 1. The number of hydrogen-bond acceptors (Lipinski definition) is 3. The van der Waals surface area contributed by atoms with Crippen LogP contribution in [0.15, 0.2) is 16.6 Å². The number of phenols is 1. The van der Waals surface area contributed by atoms with Crippen LogP contribution >= 0.6 is 27.5 Å². The molecule has 0 radical (unpaired) electrons. The summed E-state index contributed by atoms with van der Waals surface area (Å²) >= 11 is 8.34. The summed E-state index contributed by atoms with van der Waals surface area (Å²) in [4.78, 5) is 0. The number of aliphatic hydroxyl groups is 2. The van der Waals surface area contributed by atoms with Gasteiger partial charge in [0.1, 0.15) is 6.10 Å². The van der Waals surface area contributed by atoms with Crippen molar-refractivity contribution in [2.75, 3.05) is 5.88 Å². The highest BCUT2D eigenvalue weighted by atomic mass is 79.9. The Bertz CT molecular complexity index is 361. The number of aliphatic hydroxyl groups excluding tert-OH is 2. The molecule has 0 aliphatic carbocycles. The number of benzene rings is 1. The van der Waals surface area contributed by atoms with Crippen molar-refractivity contribution in [3.63, 3.8) is 0 Å². The Morgan fingerprint density at radius 1 is 1.40 bits per heavy atom. The molecule has 0 bridgehead atoms. The van der Waals surface area contributed by atoms with Gasteiger partial charge in [0.05, 0.1) is 12.0 Å². The Labute approximate surface area is 99.2 Å². The molecule has 2 atom stereocenters.